The summed E-state index contributed by atoms with van der Waals surface area (Å²) < 4.78 is 0. The van der Waals surface area contributed by atoms with Crippen molar-refractivity contribution in [1.29, 1.82) is 0 Å². The van der Waals surface area contributed by atoms with Crippen molar-refractivity contribution in [3.63, 3.8) is 0 Å². The van der Waals surface area contributed by atoms with Crippen LogP contribution in [0.4, 0.5) is 5.69 Å². The number of anilines is 1. The summed E-state index contributed by atoms with van der Waals surface area (Å²) >= 11 is 12.1. The highest BCUT2D eigenvalue weighted by Crippen LogP contribution is 2.26. The van der Waals surface area contributed by atoms with E-state index in [1.54, 1.807) is 54.6 Å². The number of hydrazine groups is 1. The largest absolute Gasteiger partial charge is 0.274 e. The summed E-state index contributed by atoms with van der Waals surface area (Å²) in [6.07, 6.45) is -0.359. The van der Waals surface area contributed by atoms with E-state index in [0.717, 1.165) is 9.91 Å². The van der Waals surface area contributed by atoms with Gasteiger partial charge in [-0.2, -0.15) is 0 Å². The third kappa shape index (κ3) is 4.95. The maximum atomic E-state index is 13.3. The molecule has 1 heterocycles. The number of halogens is 2. The summed E-state index contributed by atoms with van der Waals surface area (Å²) in [5, 5.41) is 1.36. The summed E-state index contributed by atoms with van der Waals surface area (Å²) in [5.41, 5.74) is 3.65. The van der Waals surface area contributed by atoms with E-state index in [-0.39, 0.29) is 23.4 Å². The molecule has 0 aliphatic carbocycles. The lowest BCUT2D eigenvalue weighted by Gasteiger charge is -2.28. The molecular formula is C25H19Cl2N3O4. The second kappa shape index (κ2) is 10.1. The highest BCUT2D eigenvalue weighted by atomic mass is 35.5. The number of amides is 4. The molecular weight excluding hydrogens is 477 g/mol. The Kier molecular flexibility index (Phi) is 6.95. The third-order valence-corrected chi connectivity index (χ3v) is 5.86. The second-order valence-electron chi connectivity index (χ2n) is 7.61. The molecule has 3 aromatic carbocycles. The molecule has 4 amide bonds. The molecule has 0 saturated carbocycles. The molecule has 0 bridgehead atoms. The molecule has 1 N–H and O–H groups in total. The predicted molar refractivity (Wildman–Crippen MR) is 128 cm³/mol. The fourth-order valence-corrected chi connectivity index (χ4v) is 4.17. The van der Waals surface area contributed by atoms with Gasteiger partial charge < -0.3 is 0 Å². The molecule has 172 valence electrons. The normalized spacial score (nSPS) is 15.4. The first-order valence-electron chi connectivity index (χ1n) is 10.4. The molecule has 0 radical (unpaired) electrons. The van der Waals surface area contributed by atoms with Crippen LogP contribution in [0.3, 0.4) is 0 Å². The van der Waals surface area contributed by atoms with Crippen LogP contribution >= 0.6 is 23.2 Å². The quantitative estimate of drug-likeness (QED) is 0.427. The van der Waals surface area contributed by atoms with Crippen LogP contribution in [0.1, 0.15) is 22.3 Å². The van der Waals surface area contributed by atoms with Gasteiger partial charge in [-0.15, -0.1) is 0 Å². The van der Waals surface area contributed by atoms with Gasteiger partial charge in [-0.25, -0.2) is 9.91 Å². The van der Waals surface area contributed by atoms with E-state index in [1.165, 1.54) is 18.2 Å². The molecule has 7 nitrogen and oxygen atoms in total. The van der Waals surface area contributed by atoms with E-state index in [4.69, 9.17) is 23.2 Å². The Morgan fingerprint density at radius 2 is 1.59 bits per heavy atom. The van der Waals surface area contributed by atoms with Gasteiger partial charge in [-0.3, -0.25) is 24.6 Å². The fourth-order valence-electron chi connectivity index (χ4n) is 3.68. The molecule has 1 aliphatic rings. The molecule has 1 fully saturated rings. The van der Waals surface area contributed by atoms with Crippen molar-refractivity contribution in [2.75, 3.05) is 4.90 Å². The molecule has 0 aromatic heterocycles. The molecule has 4 rings (SSSR count). The summed E-state index contributed by atoms with van der Waals surface area (Å²) in [6.45, 7) is 0. The summed E-state index contributed by atoms with van der Waals surface area (Å²) in [5.74, 6) is -2.34. The van der Waals surface area contributed by atoms with Crippen molar-refractivity contribution in [3.05, 3.63) is 100 Å². The second-order valence-corrected chi connectivity index (χ2v) is 8.46. The maximum absolute atomic E-state index is 13.3. The monoisotopic (exact) mass is 495 g/mol. The van der Waals surface area contributed by atoms with Crippen molar-refractivity contribution in [3.8, 4) is 0 Å². The number of nitrogens with one attached hydrogen (secondary N) is 1. The molecule has 0 spiro atoms. The predicted octanol–water partition coefficient (Wildman–Crippen LogP) is 4.04. The topological polar surface area (TPSA) is 86.8 Å². The number of imide groups is 1. The van der Waals surface area contributed by atoms with E-state index in [2.05, 4.69) is 5.43 Å². The summed E-state index contributed by atoms with van der Waals surface area (Å²) in [7, 11) is 0. The number of hydrogen-bond acceptors (Lipinski definition) is 4. The first kappa shape index (κ1) is 23.5. The first-order valence-corrected chi connectivity index (χ1v) is 11.1. The van der Waals surface area contributed by atoms with Gasteiger partial charge in [0.1, 0.15) is 6.04 Å². The first-order chi connectivity index (χ1) is 16.3. The van der Waals surface area contributed by atoms with Crippen molar-refractivity contribution < 1.29 is 19.2 Å². The van der Waals surface area contributed by atoms with Crippen LogP contribution in [0, 0.1) is 0 Å². The standard InChI is InChI=1S/C25H19Cl2N3O4/c26-17-11-12-19(20(27)14-17)24(33)28-30(23(32)13-16-7-3-1-4-8-16)21-15-22(31)29(25(21)34)18-9-5-2-6-10-18/h1-12,14,21H,13,15H2,(H,28,33). The Labute approximate surface area is 205 Å². The lowest BCUT2D eigenvalue weighted by Crippen LogP contribution is -2.55. The Morgan fingerprint density at radius 1 is 0.941 bits per heavy atom. The van der Waals surface area contributed by atoms with Crippen molar-refractivity contribution in [1.82, 2.24) is 10.4 Å². The summed E-state index contributed by atoms with van der Waals surface area (Å²) in [6, 6.07) is 20.4. The Bertz CT molecular complexity index is 1250. The highest BCUT2D eigenvalue weighted by Gasteiger charge is 2.45. The van der Waals surface area contributed by atoms with E-state index >= 15 is 0 Å². The van der Waals surface area contributed by atoms with Crippen LogP contribution in [0.2, 0.25) is 10.0 Å². The molecule has 1 saturated heterocycles. The zero-order chi connectivity index (χ0) is 24.2. The smallest absolute Gasteiger partial charge is 0.271 e. The van der Waals surface area contributed by atoms with Crippen LogP contribution in [0.15, 0.2) is 78.9 Å². The zero-order valence-electron chi connectivity index (χ0n) is 17.8. The summed E-state index contributed by atoms with van der Waals surface area (Å²) in [4.78, 5) is 53.3. The number of nitrogens with zero attached hydrogens (tertiary/aromatic N) is 2. The van der Waals surface area contributed by atoms with Crippen LogP contribution in [0.25, 0.3) is 0 Å². The Morgan fingerprint density at radius 3 is 2.24 bits per heavy atom. The van der Waals surface area contributed by atoms with Crippen molar-refractivity contribution in [2.45, 2.75) is 18.9 Å². The fraction of sp³-hybridized carbons (Fsp3) is 0.120. The lowest BCUT2D eigenvalue weighted by atomic mass is 10.1. The van der Waals surface area contributed by atoms with Gasteiger partial charge in [0, 0.05) is 5.02 Å². The number of benzene rings is 3. The average molecular weight is 496 g/mol. The maximum Gasteiger partial charge on any atom is 0.271 e. The van der Waals surface area contributed by atoms with Gasteiger partial charge in [0.2, 0.25) is 11.8 Å². The number of rotatable bonds is 5. The molecule has 34 heavy (non-hydrogen) atoms. The van der Waals surface area contributed by atoms with Crippen LogP contribution < -0.4 is 10.3 Å². The number of para-hydroxylation sites is 1. The molecule has 1 aliphatic heterocycles. The molecule has 1 unspecified atom stereocenters. The Balaban J connectivity index is 1.64. The minimum Gasteiger partial charge on any atom is -0.274 e. The van der Waals surface area contributed by atoms with Gasteiger partial charge in [0.15, 0.2) is 0 Å². The SMILES string of the molecule is O=C(NN(C(=O)Cc1ccccc1)C1CC(=O)N(c2ccccc2)C1=O)c1ccc(Cl)cc1Cl. The van der Waals surface area contributed by atoms with Gasteiger partial charge in [-0.05, 0) is 35.9 Å². The van der Waals surface area contributed by atoms with Gasteiger partial charge in [0.05, 0.1) is 29.1 Å². The average Bonchev–Trinajstić information content (AvgIpc) is 3.11. The van der Waals surface area contributed by atoms with Crippen molar-refractivity contribution in [2.24, 2.45) is 0 Å². The minimum atomic E-state index is -1.21. The van der Waals surface area contributed by atoms with E-state index in [1.807, 2.05) is 6.07 Å². The van der Waals surface area contributed by atoms with Gasteiger partial charge in [0.25, 0.3) is 11.8 Å². The van der Waals surface area contributed by atoms with E-state index < -0.39 is 29.7 Å². The van der Waals surface area contributed by atoms with Crippen LogP contribution in [-0.4, -0.2) is 34.7 Å². The zero-order valence-corrected chi connectivity index (χ0v) is 19.3. The third-order valence-electron chi connectivity index (χ3n) is 5.31. The highest BCUT2D eigenvalue weighted by molar-refractivity contribution is 6.36. The van der Waals surface area contributed by atoms with E-state index in [9.17, 15) is 19.2 Å². The minimum absolute atomic E-state index is 0.0697. The number of carbonyl (C=O) groups excluding carboxylic acids is 4. The Hall–Kier alpha value is -3.68. The van der Waals surface area contributed by atoms with Gasteiger partial charge >= 0.3 is 0 Å². The number of carbonyl (C=O) groups is 4. The lowest BCUT2D eigenvalue weighted by molar-refractivity contribution is -0.140. The molecule has 1 atom stereocenters. The van der Waals surface area contributed by atoms with E-state index in [0.29, 0.717) is 16.3 Å². The molecule has 9 heteroatoms. The van der Waals surface area contributed by atoms with Crippen molar-refractivity contribution >= 4 is 52.5 Å². The van der Waals surface area contributed by atoms with Crippen LogP contribution in [-0.2, 0) is 20.8 Å². The number of hydrogen-bond donors (Lipinski definition) is 1. The van der Waals surface area contributed by atoms with Crippen LogP contribution in [0.5, 0.6) is 0 Å². The van der Waals surface area contributed by atoms with Gasteiger partial charge in [-0.1, -0.05) is 71.7 Å². The molecule has 3 aromatic rings.